The van der Waals surface area contributed by atoms with Crippen LogP contribution in [0.2, 0.25) is 0 Å². The van der Waals surface area contributed by atoms with Gasteiger partial charge in [-0.15, -0.1) is 0 Å². The maximum absolute atomic E-state index is 10.7. The normalized spacial score (nSPS) is 13.3. The zero-order chi connectivity index (χ0) is 14.6. The molecule has 2 rings (SSSR count). The highest BCUT2D eigenvalue weighted by atomic mass is 16.3. The van der Waals surface area contributed by atoms with E-state index in [4.69, 9.17) is 5.26 Å². The third kappa shape index (κ3) is 2.98. The summed E-state index contributed by atoms with van der Waals surface area (Å²) in [6.45, 7) is 2.20. The summed E-state index contributed by atoms with van der Waals surface area (Å²) < 4.78 is 0. The van der Waals surface area contributed by atoms with Crippen LogP contribution in [-0.4, -0.2) is 18.7 Å². The summed E-state index contributed by atoms with van der Waals surface area (Å²) in [5.41, 5.74) is 1.32. The average Bonchev–Trinajstić information content (AvgIpc) is 2.47. The molecule has 102 valence electrons. The van der Waals surface area contributed by atoms with Crippen LogP contribution in [-0.2, 0) is 5.60 Å². The van der Waals surface area contributed by atoms with Crippen LogP contribution in [0.15, 0.2) is 54.6 Å². The van der Waals surface area contributed by atoms with Gasteiger partial charge in [0, 0.05) is 7.05 Å². The number of hydrogen-bond acceptors (Lipinski definition) is 3. The lowest BCUT2D eigenvalue weighted by Crippen LogP contribution is -2.37. The second-order valence-electron chi connectivity index (χ2n) is 5.12. The highest BCUT2D eigenvalue weighted by molar-refractivity contribution is 5.59. The first-order valence-corrected chi connectivity index (χ1v) is 6.53. The molecule has 3 heteroatoms. The van der Waals surface area contributed by atoms with Gasteiger partial charge in [0.05, 0.1) is 17.8 Å². The molecular formula is C17H18N2O. The number of benzene rings is 2. The third-order valence-corrected chi connectivity index (χ3v) is 3.38. The Kier molecular flexibility index (Phi) is 4.07. The highest BCUT2D eigenvalue weighted by Gasteiger charge is 2.25. The number of likely N-dealkylation sites (N-methyl/N-ethyl adjacent to an activating group) is 1. The van der Waals surface area contributed by atoms with Gasteiger partial charge in [0.15, 0.2) is 0 Å². The summed E-state index contributed by atoms with van der Waals surface area (Å²) in [5.74, 6) is 0. The van der Waals surface area contributed by atoms with Crippen molar-refractivity contribution in [2.75, 3.05) is 18.5 Å². The topological polar surface area (TPSA) is 47.3 Å². The lowest BCUT2D eigenvalue weighted by molar-refractivity contribution is 0.0656. The Labute approximate surface area is 119 Å². The molecule has 0 radical (unpaired) electrons. The summed E-state index contributed by atoms with van der Waals surface area (Å²) in [6, 6.07) is 19.1. The molecule has 0 fully saturated rings. The number of anilines is 1. The standard InChI is InChI=1S/C17H18N2O/c1-17(20,15-9-4-3-5-10-15)13-19(2)16-11-7-6-8-14(16)12-18/h3-11,20H,13H2,1-2H3. The molecule has 0 aromatic heterocycles. The predicted octanol–water partition coefficient (Wildman–Crippen LogP) is 2.90. The lowest BCUT2D eigenvalue weighted by Gasteiger charge is -2.31. The van der Waals surface area contributed by atoms with Gasteiger partial charge in [-0.25, -0.2) is 0 Å². The minimum atomic E-state index is -0.974. The fraction of sp³-hybridized carbons (Fsp3) is 0.235. The van der Waals surface area contributed by atoms with Crippen LogP contribution in [0.5, 0.6) is 0 Å². The van der Waals surface area contributed by atoms with Crippen LogP contribution >= 0.6 is 0 Å². The van der Waals surface area contributed by atoms with E-state index in [0.29, 0.717) is 12.1 Å². The van der Waals surface area contributed by atoms with Crippen molar-refractivity contribution in [2.24, 2.45) is 0 Å². The Bertz CT molecular complexity index is 614. The smallest absolute Gasteiger partial charge is 0.104 e. The first kappa shape index (κ1) is 14.1. The Morgan fingerprint density at radius 1 is 1.10 bits per heavy atom. The second kappa shape index (κ2) is 5.77. The van der Waals surface area contributed by atoms with E-state index in [1.54, 1.807) is 13.0 Å². The molecule has 0 aliphatic heterocycles. The number of aliphatic hydroxyl groups is 1. The number of para-hydroxylation sites is 1. The molecule has 1 N–H and O–H groups in total. The van der Waals surface area contributed by atoms with Gasteiger partial charge in [-0.05, 0) is 24.6 Å². The summed E-state index contributed by atoms with van der Waals surface area (Å²) in [6.07, 6.45) is 0. The molecule has 0 saturated heterocycles. The Hall–Kier alpha value is -2.31. The van der Waals surface area contributed by atoms with Gasteiger partial charge >= 0.3 is 0 Å². The molecule has 2 aromatic rings. The van der Waals surface area contributed by atoms with Crippen molar-refractivity contribution in [2.45, 2.75) is 12.5 Å². The van der Waals surface area contributed by atoms with E-state index in [0.717, 1.165) is 11.3 Å². The van der Waals surface area contributed by atoms with Crippen molar-refractivity contribution in [1.29, 1.82) is 5.26 Å². The minimum Gasteiger partial charge on any atom is -0.384 e. The largest absolute Gasteiger partial charge is 0.384 e. The van der Waals surface area contributed by atoms with E-state index in [1.165, 1.54) is 0 Å². The molecular weight excluding hydrogens is 248 g/mol. The van der Waals surface area contributed by atoms with Crippen molar-refractivity contribution >= 4 is 5.69 Å². The van der Waals surface area contributed by atoms with Crippen molar-refractivity contribution in [1.82, 2.24) is 0 Å². The molecule has 0 saturated carbocycles. The Balaban J connectivity index is 2.23. The van der Waals surface area contributed by atoms with Crippen LogP contribution in [0.1, 0.15) is 18.1 Å². The fourth-order valence-corrected chi connectivity index (χ4v) is 2.34. The van der Waals surface area contributed by atoms with E-state index >= 15 is 0 Å². The molecule has 2 aromatic carbocycles. The van der Waals surface area contributed by atoms with Crippen LogP contribution in [0.25, 0.3) is 0 Å². The molecule has 3 nitrogen and oxygen atoms in total. The molecule has 0 bridgehead atoms. The van der Waals surface area contributed by atoms with E-state index in [1.807, 2.05) is 60.5 Å². The molecule has 0 aliphatic rings. The van der Waals surface area contributed by atoms with Crippen molar-refractivity contribution in [3.05, 3.63) is 65.7 Å². The van der Waals surface area contributed by atoms with Crippen molar-refractivity contribution < 1.29 is 5.11 Å². The van der Waals surface area contributed by atoms with E-state index < -0.39 is 5.60 Å². The van der Waals surface area contributed by atoms with Gasteiger partial charge in [0.1, 0.15) is 11.7 Å². The SMILES string of the molecule is CN(CC(C)(O)c1ccccc1)c1ccccc1C#N. The van der Waals surface area contributed by atoms with Gasteiger partial charge in [-0.3, -0.25) is 0 Å². The fourth-order valence-electron chi connectivity index (χ4n) is 2.34. The molecule has 1 atom stereocenters. The number of rotatable bonds is 4. The maximum Gasteiger partial charge on any atom is 0.104 e. The van der Waals surface area contributed by atoms with Gasteiger partial charge in [-0.1, -0.05) is 42.5 Å². The summed E-state index contributed by atoms with van der Waals surface area (Å²) in [5, 5.41) is 19.8. The van der Waals surface area contributed by atoms with E-state index in [9.17, 15) is 5.11 Å². The van der Waals surface area contributed by atoms with Crippen LogP contribution in [0.4, 0.5) is 5.69 Å². The minimum absolute atomic E-state index is 0.412. The molecule has 1 unspecified atom stereocenters. The van der Waals surface area contributed by atoms with Crippen LogP contribution in [0.3, 0.4) is 0 Å². The molecule has 0 heterocycles. The summed E-state index contributed by atoms with van der Waals surface area (Å²) >= 11 is 0. The lowest BCUT2D eigenvalue weighted by atomic mass is 9.95. The van der Waals surface area contributed by atoms with E-state index in [2.05, 4.69) is 6.07 Å². The van der Waals surface area contributed by atoms with Gasteiger partial charge in [-0.2, -0.15) is 5.26 Å². The quantitative estimate of drug-likeness (QED) is 0.925. The maximum atomic E-state index is 10.7. The highest BCUT2D eigenvalue weighted by Crippen LogP contribution is 2.25. The van der Waals surface area contributed by atoms with Crippen molar-refractivity contribution in [3.63, 3.8) is 0 Å². The van der Waals surface area contributed by atoms with Gasteiger partial charge in [0.25, 0.3) is 0 Å². The summed E-state index contributed by atoms with van der Waals surface area (Å²) in [7, 11) is 1.88. The molecule has 0 amide bonds. The molecule has 0 spiro atoms. The second-order valence-corrected chi connectivity index (χ2v) is 5.12. The first-order chi connectivity index (χ1) is 9.54. The molecule has 20 heavy (non-hydrogen) atoms. The average molecular weight is 266 g/mol. The predicted molar refractivity (Wildman–Crippen MR) is 80.4 cm³/mol. The number of nitrogens with zero attached hydrogens (tertiary/aromatic N) is 2. The third-order valence-electron chi connectivity index (χ3n) is 3.38. The first-order valence-electron chi connectivity index (χ1n) is 6.53. The number of nitriles is 1. The Morgan fingerprint density at radius 3 is 2.35 bits per heavy atom. The van der Waals surface area contributed by atoms with Gasteiger partial charge < -0.3 is 10.0 Å². The zero-order valence-electron chi connectivity index (χ0n) is 11.7. The van der Waals surface area contributed by atoms with Gasteiger partial charge in [0.2, 0.25) is 0 Å². The van der Waals surface area contributed by atoms with Crippen molar-refractivity contribution in [3.8, 4) is 6.07 Å². The zero-order valence-corrected chi connectivity index (χ0v) is 11.7. The van der Waals surface area contributed by atoms with E-state index in [-0.39, 0.29) is 0 Å². The summed E-state index contributed by atoms with van der Waals surface area (Å²) in [4.78, 5) is 1.91. The monoisotopic (exact) mass is 266 g/mol. The Morgan fingerprint density at radius 2 is 1.70 bits per heavy atom. The number of hydrogen-bond donors (Lipinski definition) is 1. The van der Waals surface area contributed by atoms with Crippen LogP contribution in [0, 0.1) is 11.3 Å². The molecule has 0 aliphatic carbocycles. The van der Waals surface area contributed by atoms with Crippen LogP contribution < -0.4 is 4.90 Å².